The minimum atomic E-state index is -4.53. The van der Waals surface area contributed by atoms with Gasteiger partial charge >= 0.3 is 12.2 Å². The molecule has 1 rings (SSSR count). The Balaban J connectivity index is 2.62. The number of carbonyl (C=O) groups is 2. The summed E-state index contributed by atoms with van der Waals surface area (Å²) < 4.78 is 35.0. The third kappa shape index (κ3) is 1.86. The second kappa shape index (κ2) is 2.65. The predicted octanol–water partition coefficient (Wildman–Crippen LogP) is 0.100. The van der Waals surface area contributed by atoms with Crippen LogP contribution in [0.15, 0.2) is 0 Å². The molecule has 0 aliphatic carbocycles. The second-order valence-electron chi connectivity index (χ2n) is 2.25. The summed E-state index contributed by atoms with van der Waals surface area (Å²) in [6.45, 7) is -1.87. The molecular formula is C5H5F3N2O2. The Morgan fingerprint density at radius 1 is 1.42 bits per heavy atom. The number of nitrogens with one attached hydrogen (secondary N) is 1. The number of alkyl halides is 3. The lowest BCUT2D eigenvalue weighted by molar-refractivity contribution is -0.151. The molecule has 0 atom stereocenters. The van der Waals surface area contributed by atoms with Crippen LogP contribution in [0.25, 0.3) is 0 Å². The van der Waals surface area contributed by atoms with Crippen LogP contribution < -0.4 is 5.32 Å². The van der Waals surface area contributed by atoms with Gasteiger partial charge in [0, 0.05) is 0 Å². The number of nitrogens with zero attached hydrogens (tertiary/aromatic N) is 1. The highest BCUT2D eigenvalue weighted by molar-refractivity contribution is 6.01. The molecule has 68 valence electrons. The van der Waals surface area contributed by atoms with Crippen molar-refractivity contribution in [2.45, 2.75) is 6.18 Å². The van der Waals surface area contributed by atoms with Crippen molar-refractivity contribution >= 4 is 11.9 Å². The molecule has 0 aromatic rings. The van der Waals surface area contributed by atoms with Gasteiger partial charge in [0.05, 0.1) is 6.54 Å². The van der Waals surface area contributed by atoms with Gasteiger partial charge in [-0.1, -0.05) is 0 Å². The largest absolute Gasteiger partial charge is 0.406 e. The van der Waals surface area contributed by atoms with Crippen LogP contribution in [0.1, 0.15) is 0 Å². The molecule has 1 aliphatic heterocycles. The molecule has 1 aliphatic rings. The van der Waals surface area contributed by atoms with Gasteiger partial charge in [0.2, 0.25) is 5.91 Å². The highest BCUT2D eigenvalue weighted by atomic mass is 19.4. The third-order valence-corrected chi connectivity index (χ3v) is 1.27. The topological polar surface area (TPSA) is 49.4 Å². The Bertz CT molecular complexity index is 209. The lowest BCUT2D eigenvalue weighted by Crippen LogP contribution is -2.38. The van der Waals surface area contributed by atoms with E-state index in [1.807, 2.05) is 5.32 Å². The normalized spacial score (nSPS) is 18.4. The summed E-state index contributed by atoms with van der Waals surface area (Å²) in [5.41, 5.74) is 0. The van der Waals surface area contributed by atoms with E-state index in [0.717, 1.165) is 0 Å². The molecule has 0 spiro atoms. The van der Waals surface area contributed by atoms with Crippen molar-refractivity contribution in [1.82, 2.24) is 10.2 Å². The molecule has 1 saturated heterocycles. The number of rotatable bonds is 1. The van der Waals surface area contributed by atoms with Crippen molar-refractivity contribution in [2.24, 2.45) is 0 Å². The maximum atomic E-state index is 11.7. The number of hydrogen-bond donors (Lipinski definition) is 1. The number of carbonyl (C=O) groups excluding carboxylic acids is 2. The fraction of sp³-hybridized carbons (Fsp3) is 0.600. The van der Waals surface area contributed by atoms with Crippen LogP contribution in [0.2, 0.25) is 0 Å². The minimum Gasteiger partial charge on any atom is -0.329 e. The Hall–Kier alpha value is -1.27. The number of urea groups is 1. The van der Waals surface area contributed by atoms with Gasteiger partial charge in [0.15, 0.2) is 0 Å². The minimum absolute atomic E-state index is 0.139. The first kappa shape index (κ1) is 8.82. The summed E-state index contributed by atoms with van der Waals surface area (Å²) >= 11 is 0. The zero-order valence-corrected chi connectivity index (χ0v) is 5.81. The fourth-order valence-corrected chi connectivity index (χ4v) is 0.795. The zero-order valence-electron chi connectivity index (χ0n) is 5.81. The molecular weight excluding hydrogens is 177 g/mol. The highest BCUT2D eigenvalue weighted by Crippen LogP contribution is 2.17. The van der Waals surface area contributed by atoms with E-state index in [1.165, 1.54) is 0 Å². The summed E-state index contributed by atoms with van der Waals surface area (Å²) in [4.78, 5) is 21.3. The molecule has 0 aromatic heterocycles. The van der Waals surface area contributed by atoms with Crippen molar-refractivity contribution in [3.05, 3.63) is 0 Å². The van der Waals surface area contributed by atoms with Crippen molar-refractivity contribution in [3.63, 3.8) is 0 Å². The summed E-state index contributed by atoms with van der Waals surface area (Å²) in [6, 6.07) is -0.989. The third-order valence-electron chi connectivity index (χ3n) is 1.27. The molecule has 7 heteroatoms. The summed E-state index contributed by atoms with van der Waals surface area (Å²) in [5, 5.41) is 1.98. The Morgan fingerprint density at radius 3 is 2.33 bits per heavy atom. The van der Waals surface area contributed by atoms with E-state index in [2.05, 4.69) is 0 Å². The van der Waals surface area contributed by atoms with E-state index in [9.17, 15) is 22.8 Å². The van der Waals surface area contributed by atoms with Gasteiger partial charge in [-0.25, -0.2) is 4.79 Å². The second-order valence-corrected chi connectivity index (χ2v) is 2.25. The molecule has 1 fully saturated rings. The van der Waals surface area contributed by atoms with Gasteiger partial charge in [-0.3, -0.25) is 9.69 Å². The van der Waals surface area contributed by atoms with Gasteiger partial charge in [-0.05, 0) is 0 Å². The number of hydrogen-bond acceptors (Lipinski definition) is 2. The molecule has 4 nitrogen and oxygen atoms in total. The van der Waals surface area contributed by atoms with E-state index in [-0.39, 0.29) is 11.4 Å². The van der Waals surface area contributed by atoms with Crippen molar-refractivity contribution in [2.75, 3.05) is 13.1 Å². The quantitative estimate of drug-likeness (QED) is 0.584. The molecule has 12 heavy (non-hydrogen) atoms. The fourth-order valence-electron chi connectivity index (χ4n) is 0.795. The van der Waals surface area contributed by atoms with E-state index in [1.54, 1.807) is 0 Å². The van der Waals surface area contributed by atoms with Crippen LogP contribution in [0.4, 0.5) is 18.0 Å². The van der Waals surface area contributed by atoms with E-state index in [4.69, 9.17) is 0 Å². The van der Waals surface area contributed by atoms with Crippen molar-refractivity contribution in [3.8, 4) is 0 Å². The Morgan fingerprint density at radius 2 is 2.00 bits per heavy atom. The van der Waals surface area contributed by atoms with Crippen molar-refractivity contribution < 1.29 is 22.8 Å². The summed E-state index contributed by atoms with van der Waals surface area (Å²) in [5.74, 6) is -0.850. The van der Waals surface area contributed by atoms with E-state index >= 15 is 0 Å². The average Bonchev–Trinajstić information content (AvgIpc) is 2.16. The maximum absolute atomic E-state index is 11.7. The SMILES string of the molecule is O=C1CNC(=O)N1CC(F)(F)F. The van der Waals surface area contributed by atoms with Crippen LogP contribution in [0.5, 0.6) is 0 Å². The van der Waals surface area contributed by atoms with Gasteiger partial charge in [-0.2, -0.15) is 13.2 Å². The average molecular weight is 182 g/mol. The van der Waals surface area contributed by atoms with E-state index < -0.39 is 24.7 Å². The smallest absolute Gasteiger partial charge is 0.329 e. The van der Waals surface area contributed by atoms with E-state index in [0.29, 0.717) is 0 Å². The lowest BCUT2D eigenvalue weighted by Gasteiger charge is -2.13. The molecule has 1 N–H and O–H groups in total. The Kier molecular flexibility index (Phi) is 1.95. The molecule has 1 heterocycles. The zero-order chi connectivity index (χ0) is 9.35. The van der Waals surface area contributed by atoms with Crippen LogP contribution in [0.3, 0.4) is 0 Å². The standard InChI is InChI=1S/C5H5F3N2O2/c6-5(7,8)2-10-3(11)1-9-4(10)12/h1-2H2,(H,9,12). The van der Waals surface area contributed by atoms with Gasteiger partial charge in [0.25, 0.3) is 0 Å². The van der Waals surface area contributed by atoms with Crippen LogP contribution in [-0.2, 0) is 4.79 Å². The van der Waals surface area contributed by atoms with Gasteiger partial charge in [0.1, 0.15) is 6.54 Å². The summed E-state index contributed by atoms with van der Waals surface area (Å²) in [7, 11) is 0. The molecule has 0 unspecified atom stereocenters. The lowest BCUT2D eigenvalue weighted by atomic mass is 10.5. The van der Waals surface area contributed by atoms with Crippen molar-refractivity contribution in [1.29, 1.82) is 0 Å². The van der Waals surface area contributed by atoms with Crippen LogP contribution >= 0.6 is 0 Å². The molecule has 0 bridgehead atoms. The first-order valence-corrected chi connectivity index (χ1v) is 3.05. The van der Waals surface area contributed by atoms with Gasteiger partial charge in [-0.15, -0.1) is 0 Å². The number of amides is 3. The Labute approximate surface area is 65.3 Å². The summed E-state index contributed by atoms with van der Waals surface area (Å²) in [6.07, 6.45) is -4.53. The maximum Gasteiger partial charge on any atom is 0.406 e. The molecule has 0 aromatic carbocycles. The number of imide groups is 1. The van der Waals surface area contributed by atoms with Gasteiger partial charge < -0.3 is 5.32 Å². The molecule has 3 amide bonds. The predicted molar refractivity (Wildman–Crippen MR) is 31.2 cm³/mol. The molecule has 0 saturated carbocycles. The first-order chi connectivity index (χ1) is 5.40. The first-order valence-electron chi connectivity index (χ1n) is 3.05. The van der Waals surface area contributed by atoms with Crippen LogP contribution in [-0.4, -0.2) is 36.1 Å². The monoisotopic (exact) mass is 182 g/mol. The molecule has 0 radical (unpaired) electrons. The highest BCUT2D eigenvalue weighted by Gasteiger charge is 2.39. The van der Waals surface area contributed by atoms with Crippen LogP contribution in [0, 0.1) is 0 Å². The number of halogens is 3.